The van der Waals surface area contributed by atoms with E-state index in [2.05, 4.69) is 33.0 Å². The molecule has 1 aliphatic rings. The van der Waals surface area contributed by atoms with E-state index in [1.807, 2.05) is 0 Å². The van der Waals surface area contributed by atoms with E-state index < -0.39 is 11.5 Å². The highest BCUT2D eigenvalue weighted by Gasteiger charge is 2.43. The molecule has 0 radical (unpaired) electrons. The maximum Gasteiger partial charge on any atom is 0.323 e. The third-order valence-electron chi connectivity index (χ3n) is 4.17. The molecule has 4 nitrogen and oxygen atoms in total. The highest BCUT2D eigenvalue weighted by molar-refractivity contribution is 5.79. The molecular formula is C15H29NO3. The fourth-order valence-electron chi connectivity index (χ4n) is 2.65. The minimum absolute atomic E-state index is 0.0455. The largest absolute Gasteiger partial charge is 0.480 e. The first kappa shape index (κ1) is 16.4. The van der Waals surface area contributed by atoms with Gasteiger partial charge in [-0.25, -0.2) is 0 Å². The Kier molecular flexibility index (Phi) is 5.81. The van der Waals surface area contributed by atoms with Gasteiger partial charge in [-0.15, -0.1) is 0 Å². The number of nitrogens with one attached hydrogen (secondary N) is 1. The molecule has 2 atom stereocenters. The Hall–Kier alpha value is -0.610. The van der Waals surface area contributed by atoms with E-state index in [9.17, 15) is 9.90 Å². The van der Waals surface area contributed by atoms with E-state index in [1.54, 1.807) is 0 Å². The predicted molar refractivity (Wildman–Crippen MR) is 76.4 cm³/mol. The molecule has 0 amide bonds. The predicted octanol–water partition coefficient (Wildman–Crippen LogP) is 2.96. The number of carbonyl (C=O) groups is 1. The Morgan fingerprint density at radius 1 is 1.47 bits per heavy atom. The van der Waals surface area contributed by atoms with Crippen LogP contribution in [-0.2, 0) is 9.53 Å². The van der Waals surface area contributed by atoms with Crippen molar-refractivity contribution < 1.29 is 14.6 Å². The van der Waals surface area contributed by atoms with Gasteiger partial charge in [0.15, 0.2) is 0 Å². The summed E-state index contributed by atoms with van der Waals surface area (Å²) in [7, 11) is 0. The molecule has 0 aliphatic heterocycles. The summed E-state index contributed by atoms with van der Waals surface area (Å²) in [4.78, 5) is 11.6. The van der Waals surface area contributed by atoms with Crippen LogP contribution in [0, 0.1) is 0 Å². The molecule has 4 heteroatoms. The van der Waals surface area contributed by atoms with E-state index >= 15 is 0 Å². The van der Waals surface area contributed by atoms with Gasteiger partial charge in [0, 0.05) is 6.42 Å². The lowest BCUT2D eigenvalue weighted by molar-refractivity contribution is -0.153. The van der Waals surface area contributed by atoms with Crippen LogP contribution in [0.4, 0.5) is 0 Å². The lowest BCUT2D eigenvalue weighted by Crippen LogP contribution is -2.57. The van der Waals surface area contributed by atoms with E-state index in [0.29, 0.717) is 12.8 Å². The summed E-state index contributed by atoms with van der Waals surface area (Å²) in [6.45, 7) is 9.05. The van der Waals surface area contributed by atoms with Crippen LogP contribution in [0.25, 0.3) is 0 Å². The molecule has 1 saturated carbocycles. The number of rotatable bonds is 7. The van der Waals surface area contributed by atoms with Gasteiger partial charge in [0.1, 0.15) is 5.54 Å². The SMILES string of the molecule is CCCNC1(C(=O)O)CCCC(OC(C)(C)CC)C1. The van der Waals surface area contributed by atoms with Gasteiger partial charge in [-0.3, -0.25) is 4.79 Å². The Balaban J connectivity index is 2.71. The van der Waals surface area contributed by atoms with E-state index in [1.165, 1.54) is 0 Å². The number of carboxylic acid groups (broad SMARTS) is 1. The van der Waals surface area contributed by atoms with Crippen molar-refractivity contribution in [1.82, 2.24) is 5.32 Å². The topological polar surface area (TPSA) is 58.6 Å². The second-order valence-corrected chi connectivity index (χ2v) is 6.26. The highest BCUT2D eigenvalue weighted by Crippen LogP contribution is 2.33. The standard InChI is InChI=1S/C15H29NO3/c1-5-10-16-15(13(17)18)9-7-8-12(11-15)19-14(3,4)6-2/h12,16H,5-11H2,1-4H3,(H,17,18). The summed E-state index contributed by atoms with van der Waals surface area (Å²) in [6, 6.07) is 0. The van der Waals surface area contributed by atoms with Crippen LogP contribution in [0.2, 0.25) is 0 Å². The maximum absolute atomic E-state index is 11.6. The fourth-order valence-corrected chi connectivity index (χ4v) is 2.65. The van der Waals surface area contributed by atoms with Gasteiger partial charge in [0.25, 0.3) is 0 Å². The van der Waals surface area contributed by atoms with Gasteiger partial charge in [-0.1, -0.05) is 13.8 Å². The summed E-state index contributed by atoms with van der Waals surface area (Å²) in [5.41, 5.74) is -0.959. The van der Waals surface area contributed by atoms with Crippen LogP contribution in [0.1, 0.15) is 66.2 Å². The van der Waals surface area contributed by atoms with E-state index in [-0.39, 0.29) is 11.7 Å². The third kappa shape index (κ3) is 4.46. The van der Waals surface area contributed by atoms with Crippen molar-refractivity contribution >= 4 is 5.97 Å². The zero-order valence-electron chi connectivity index (χ0n) is 12.8. The van der Waals surface area contributed by atoms with E-state index in [0.717, 1.165) is 32.2 Å². The van der Waals surface area contributed by atoms with Crippen LogP contribution in [0.3, 0.4) is 0 Å². The summed E-state index contributed by atoms with van der Waals surface area (Å²) in [5.74, 6) is -0.733. The Bertz CT molecular complexity index is 304. The monoisotopic (exact) mass is 271 g/mol. The van der Waals surface area contributed by atoms with Gasteiger partial charge < -0.3 is 15.2 Å². The number of hydrogen-bond acceptors (Lipinski definition) is 3. The lowest BCUT2D eigenvalue weighted by atomic mass is 9.79. The van der Waals surface area contributed by atoms with Crippen molar-refractivity contribution in [3.05, 3.63) is 0 Å². The first-order valence-electron chi connectivity index (χ1n) is 7.51. The Morgan fingerprint density at radius 3 is 2.68 bits per heavy atom. The number of carboxylic acids is 1. The van der Waals surface area contributed by atoms with Crippen LogP contribution >= 0.6 is 0 Å². The molecule has 2 N–H and O–H groups in total. The summed E-state index contributed by atoms with van der Waals surface area (Å²) < 4.78 is 6.11. The Morgan fingerprint density at radius 2 is 2.16 bits per heavy atom. The smallest absolute Gasteiger partial charge is 0.323 e. The van der Waals surface area contributed by atoms with Crippen molar-refractivity contribution in [2.45, 2.75) is 83.5 Å². The molecule has 1 aliphatic carbocycles. The normalized spacial score (nSPS) is 28.3. The molecule has 0 aromatic rings. The van der Waals surface area contributed by atoms with Crippen molar-refractivity contribution in [1.29, 1.82) is 0 Å². The fraction of sp³-hybridized carbons (Fsp3) is 0.933. The van der Waals surface area contributed by atoms with Crippen molar-refractivity contribution in [3.63, 3.8) is 0 Å². The second kappa shape index (κ2) is 6.71. The minimum atomic E-state index is -0.789. The number of hydrogen-bond donors (Lipinski definition) is 2. The van der Waals surface area contributed by atoms with Gasteiger partial charge >= 0.3 is 5.97 Å². The molecular weight excluding hydrogens is 242 g/mol. The molecule has 0 aromatic carbocycles. The van der Waals surface area contributed by atoms with Crippen molar-refractivity contribution in [2.24, 2.45) is 0 Å². The molecule has 19 heavy (non-hydrogen) atoms. The maximum atomic E-state index is 11.6. The average molecular weight is 271 g/mol. The molecule has 112 valence electrons. The molecule has 0 aromatic heterocycles. The third-order valence-corrected chi connectivity index (χ3v) is 4.17. The summed E-state index contributed by atoms with van der Waals surface area (Å²) in [6.07, 6.45) is 5.08. The highest BCUT2D eigenvalue weighted by atomic mass is 16.5. The zero-order chi connectivity index (χ0) is 14.5. The van der Waals surface area contributed by atoms with E-state index in [4.69, 9.17) is 4.74 Å². The average Bonchev–Trinajstić information content (AvgIpc) is 2.36. The van der Waals surface area contributed by atoms with Crippen molar-refractivity contribution in [2.75, 3.05) is 6.54 Å². The van der Waals surface area contributed by atoms with Crippen LogP contribution in [0.15, 0.2) is 0 Å². The lowest BCUT2D eigenvalue weighted by Gasteiger charge is -2.41. The number of ether oxygens (including phenoxy) is 1. The van der Waals surface area contributed by atoms with Crippen LogP contribution in [0.5, 0.6) is 0 Å². The molecule has 1 fully saturated rings. The van der Waals surface area contributed by atoms with Crippen molar-refractivity contribution in [3.8, 4) is 0 Å². The minimum Gasteiger partial charge on any atom is -0.480 e. The van der Waals surface area contributed by atoms with Gasteiger partial charge in [-0.05, 0) is 52.5 Å². The van der Waals surface area contributed by atoms with Gasteiger partial charge in [-0.2, -0.15) is 0 Å². The van der Waals surface area contributed by atoms with Gasteiger partial charge in [0.2, 0.25) is 0 Å². The van der Waals surface area contributed by atoms with Gasteiger partial charge in [0.05, 0.1) is 11.7 Å². The first-order valence-corrected chi connectivity index (χ1v) is 7.51. The zero-order valence-corrected chi connectivity index (χ0v) is 12.8. The number of aliphatic carboxylic acids is 1. The first-order chi connectivity index (χ1) is 8.85. The summed E-state index contributed by atoms with van der Waals surface area (Å²) >= 11 is 0. The molecule has 0 bridgehead atoms. The molecule has 0 heterocycles. The van der Waals surface area contributed by atoms with Crippen LogP contribution in [-0.4, -0.2) is 34.9 Å². The quantitative estimate of drug-likeness (QED) is 0.747. The summed E-state index contributed by atoms with van der Waals surface area (Å²) in [5, 5.41) is 12.8. The molecule has 0 spiro atoms. The molecule has 1 rings (SSSR count). The second-order valence-electron chi connectivity index (χ2n) is 6.26. The molecule has 0 saturated heterocycles. The molecule has 2 unspecified atom stereocenters. The van der Waals surface area contributed by atoms with Crippen LogP contribution < -0.4 is 5.32 Å². The Labute approximate surface area is 116 Å².